The Morgan fingerprint density at radius 3 is 2.38 bits per heavy atom. The number of pyridine rings is 1. The normalized spacial score (nSPS) is 19.4. The van der Waals surface area contributed by atoms with E-state index in [1.807, 2.05) is 11.0 Å². The van der Waals surface area contributed by atoms with Crippen molar-refractivity contribution in [2.45, 2.75) is 91.0 Å². The number of nitrogens with one attached hydrogen (secondary N) is 1. The maximum Gasteiger partial charge on any atom is 0.290 e. The van der Waals surface area contributed by atoms with Crippen LogP contribution in [0.5, 0.6) is 0 Å². The Bertz CT molecular complexity index is 1570. The second kappa shape index (κ2) is 10.1. The molecule has 1 amide bonds. The van der Waals surface area contributed by atoms with Crippen molar-refractivity contribution in [1.82, 2.24) is 40.5 Å². The van der Waals surface area contributed by atoms with Crippen LogP contribution < -0.4 is 4.90 Å². The lowest BCUT2D eigenvalue weighted by Gasteiger charge is -2.46. The second-order valence-electron chi connectivity index (χ2n) is 14.3. The van der Waals surface area contributed by atoms with E-state index in [0.717, 1.165) is 35.2 Å². The highest BCUT2D eigenvalue weighted by Gasteiger charge is 2.39. The Hall–Kier alpha value is -3.89. The van der Waals surface area contributed by atoms with Gasteiger partial charge in [-0.2, -0.15) is 5.21 Å². The van der Waals surface area contributed by atoms with Crippen molar-refractivity contribution >= 4 is 23.0 Å². The zero-order valence-corrected chi connectivity index (χ0v) is 25.7. The van der Waals surface area contributed by atoms with Crippen LogP contribution in [0.15, 0.2) is 28.9 Å². The summed E-state index contributed by atoms with van der Waals surface area (Å²) in [7, 11) is 0. The Balaban J connectivity index is 1.24. The molecule has 0 atom stereocenters. The Labute approximate surface area is 246 Å². The highest BCUT2D eigenvalue weighted by Crippen LogP contribution is 2.43. The first kappa shape index (κ1) is 28.2. The first-order valence-electron chi connectivity index (χ1n) is 14.9. The van der Waals surface area contributed by atoms with Gasteiger partial charge in [0.15, 0.2) is 11.3 Å². The van der Waals surface area contributed by atoms with E-state index in [9.17, 15) is 4.79 Å². The maximum atomic E-state index is 14.0. The number of carbonyl (C=O) groups excluding carboxylic acids is 1. The summed E-state index contributed by atoms with van der Waals surface area (Å²) in [5.74, 6) is 1.71. The molecular formula is C31H41N9O2. The van der Waals surface area contributed by atoms with Crippen LogP contribution in [0, 0.1) is 5.41 Å². The molecule has 1 saturated carbocycles. The van der Waals surface area contributed by atoms with Crippen molar-refractivity contribution in [3.05, 3.63) is 41.5 Å². The lowest BCUT2D eigenvalue weighted by Crippen LogP contribution is -2.61. The molecule has 222 valence electrons. The van der Waals surface area contributed by atoms with Crippen LogP contribution in [0.3, 0.4) is 0 Å². The van der Waals surface area contributed by atoms with Gasteiger partial charge in [0.2, 0.25) is 11.8 Å². The summed E-state index contributed by atoms with van der Waals surface area (Å²) in [6.07, 6.45) is 8.06. The number of furan rings is 1. The molecule has 4 aromatic rings. The van der Waals surface area contributed by atoms with E-state index in [-0.39, 0.29) is 11.3 Å². The molecule has 6 rings (SSSR count). The van der Waals surface area contributed by atoms with Gasteiger partial charge in [-0.1, -0.05) is 34.6 Å². The first-order chi connectivity index (χ1) is 19.8. The van der Waals surface area contributed by atoms with Crippen LogP contribution in [-0.2, 0) is 5.41 Å². The van der Waals surface area contributed by atoms with Crippen LogP contribution in [0.25, 0.3) is 22.5 Å². The van der Waals surface area contributed by atoms with Crippen molar-refractivity contribution in [1.29, 1.82) is 0 Å². The smallest absolute Gasteiger partial charge is 0.290 e. The van der Waals surface area contributed by atoms with Crippen LogP contribution in [0.4, 0.5) is 5.95 Å². The fourth-order valence-corrected chi connectivity index (χ4v) is 6.33. The van der Waals surface area contributed by atoms with E-state index in [4.69, 9.17) is 9.40 Å². The van der Waals surface area contributed by atoms with Crippen molar-refractivity contribution < 1.29 is 9.21 Å². The molecule has 2 aliphatic rings. The first-order valence-corrected chi connectivity index (χ1v) is 14.9. The molecule has 0 spiro atoms. The predicted octanol–water partition coefficient (Wildman–Crippen LogP) is 5.52. The highest BCUT2D eigenvalue weighted by molar-refractivity contribution is 5.96. The number of amides is 1. The SMILES string of the molecule is CC1(C)CCC(c2cc(C(C)(C)C)c3oc(C(=O)N4CCN(c5ncc(-c6nn[nH]n6)cn5)CC4(C)C)cc3n2)CC1. The summed E-state index contributed by atoms with van der Waals surface area (Å²) in [6.45, 7) is 17.1. The van der Waals surface area contributed by atoms with Crippen LogP contribution in [0.2, 0.25) is 0 Å². The minimum atomic E-state index is -0.482. The highest BCUT2D eigenvalue weighted by atomic mass is 16.3. The van der Waals surface area contributed by atoms with Gasteiger partial charge < -0.3 is 14.2 Å². The molecule has 1 aliphatic heterocycles. The number of fused-ring (bicyclic) bond motifs is 1. The van der Waals surface area contributed by atoms with Gasteiger partial charge in [-0.15, -0.1) is 10.2 Å². The van der Waals surface area contributed by atoms with Gasteiger partial charge in [0.05, 0.1) is 11.1 Å². The zero-order valence-electron chi connectivity index (χ0n) is 25.7. The van der Waals surface area contributed by atoms with Gasteiger partial charge in [-0.3, -0.25) is 4.79 Å². The summed E-state index contributed by atoms with van der Waals surface area (Å²) >= 11 is 0. The lowest BCUT2D eigenvalue weighted by molar-refractivity contribution is 0.0482. The molecule has 0 bridgehead atoms. The van der Waals surface area contributed by atoms with Gasteiger partial charge in [0.25, 0.3) is 5.91 Å². The third-order valence-electron chi connectivity index (χ3n) is 8.95. The Morgan fingerprint density at radius 1 is 1.05 bits per heavy atom. The van der Waals surface area contributed by atoms with Crippen molar-refractivity contribution in [3.8, 4) is 11.4 Å². The average Bonchev–Trinajstić information content (AvgIpc) is 3.62. The van der Waals surface area contributed by atoms with Crippen molar-refractivity contribution in [2.75, 3.05) is 24.5 Å². The molecule has 2 fully saturated rings. The van der Waals surface area contributed by atoms with E-state index in [1.165, 1.54) is 12.8 Å². The number of piperazine rings is 1. The van der Waals surface area contributed by atoms with E-state index in [0.29, 0.717) is 54.1 Å². The summed E-state index contributed by atoms with van der Waals surface area (Å²) in [6, 6.07) is 4.08. The number of hydrogen-bond acceptors (Lipinski definition) is 9. The van der Waals surface area contributed by atoms with Crippen LogP contribution in [0.1, 0.15) is 102 Å². The Morgan fingerprint density at radius 2 is 1.76 bits per heavy atom. The monoisotopic (exact) mass is 571 g/mol. The quantitative estimate of drug-likeness (QED) is 0.336. The topological polar surface area (TPSA) is 130 Å². The minimum absolute atomic E-state index is 0.119. The summed E-state index contributed by atoms with van der Waals surface area (Å²) in [5, 5.41) is 14.0. The number of hydrogen-bond donors (Lipinski definition) is 1. The van der Waals surface area contributed by atoms with E-state index < -0.39 is 5.54 Å². The lowest BCUT2D eigenvalue weighted by atomic mass is 9.72. The minimum Gasteiger partial charge on any atom is -0.449 e. The molecule has 0 radical (unpaired) electrons. The summed E-state index contributed by atoms with van der Waals surface area (Å²) in [4.78, 5) is 32.1. The van der Waals surface area contributed by atoms with Crippen LogP contribution in [-0.4, -0.2) is 71.6 Å². The molecule has 1 aliphatic carbocycles. The third kappa shape index (κ3) is 5.36. The standard InChI is InChI=1S/C31H41N9O2/c1-29(2,3)21-14-22(19-8-10-30(4,5)11-9-19)34-23-15-24(42-25(21)23)27(41)40-13-12-39(18-31(40,6)7)28-32-16-20(17-33-28)26-35-37-38-36-26/h14-17,19H,8-13,18H2,1-7H3,(H,35,36,37,38). The van der Waals surface area contributed by atoms with E-state index in [1.54, 1.807) is 12.4 Å². The molecular weight excluding hydrogens is 530 g/mol. The molecule has 11 heteroatoms. The van der Waals surface area contributed by atoms with Crippen LogP contribution >= 0.6 is 0 Å². The number of carbonyl (C=O) groups is 1. The van der Waals surface area contributed by atoms with Crippen molar-refractivity contribution in [2.24, 2.45) is 5.41 Å². The number of aromatic nitrogens is 7. The largest absolute Gasteiger partial charge is 0.449 e. The molecule has 1 N–H and O–H groups in total. The molecule has 11 nitrogen and oxygen atoms in total. The zero-order chi connectivity index (χ0) is 29.9. The fourth-order valence-electron chi connectivity index (χ4n) is 6.33. The number of rotatable bonds is 4. The Kier molecular flexibility index (Phi) is 6.81. The van der Waals surface area contributed by atoms with Gasteiger partial charge in [-0.05, 0) is 61.6 Å². The average molecular weight is 572 g/mol. The molecule has 1 saturated heterocycles. The summed E-state index contributed by atoms with van der Waals surface area (Å²) < 4.78 is 6.36. The number of aromatic amines is 1. The molecule has 0 aromatic carbocycles. The second-order valence-corrected chi connectivity index (χ2v) is 14.3. The number of nitrogens with zero attached hydrogens (tertiary/aromatic N) is 8. The number of anilines is 1. The predicted molar refractivity (Wildman–Crippen MR) is 160 cm³/mol. The van der Waals surface area contributed by atoms with Gasteiger partial charge in [-0.25, -0.2) is 15.0 Å². The number of tetrazole rings is 1. The number of H-pyrrole nitrogens is 1. The fraction of sp³-hybridized carbons (Fsp3) is 0.581. The molecule has 42 heavy (non-hydrogen) atoms. The van der Waals surface area contributed by atoms with E-state index in [2.05, 4.69) is 90.0 Å². The van der Waals surface area contributed by atoms with Crippen molar-refractivity contribution in [3.63, 3.8) is 0 Å². The van der Waals surface area contributed by atoms with Gasteiger partial charge >= 0.3 is 0 Å². The van der Waals surface area contributed by atoms with Gasteiger partial charge in [0.1, 0.15) is 5.52 Å². The maximum absolute atomic E-state index is 14.0. The summed E-state index contributed by atoms with van der Waals surface area (Å²) in [5.41, 5.74) is 4.18. The molecule has 5 heterocycles. The van der Waals surface area contributed by atoms with Gasteiger partial charge in [0, 0.05) is 55.3 Å². The molecule has 4 aromatic heterocycles. The third-order valence-corrected chi connectivity index (χ3v) is 8.95. The molecule has 0 unspecified atom stereocenters. The van der Waals surface area contributed by atoms with E-state index >= 15 is 0 Å².